The van der Waals surface area contributed by atoms with Crippen LogP contribution < -0.4 is 4.90 Å². The van der Waals surface area contributed by atoms with E-state index < -0.39 is 11.4 Å². The number of hydrogen-bond donors (Lipinski definition) is 2. The third-order valence-electron chi connectivity index (χ3n) is 4.02. The zero-order valence-corrected chi connectivity index (χ0v) is 11.2. The SMILES string of the molecule is CC1(C(=O)O)CCN(c2nccc3ccc(O)cc23)C1. The predicted octanol–water partition coefficient (Wildman–Crippen LogP) is 2.24. The summed E-state index contributed by atoms with van der Waals surface area (Å²) in [4.78, 5) is 17.7. The van der Waals surface area contributed by atoms with Crippen molar-refractivity contribution >= 4 is 22.6 Å². The molecule has 0 saturated carbocycles. The van der Waals surface area contributed by atoms with E-state index >= 15 is 0 Å². The molecule has 1 aliphatic rings. The molecule has 1 fully saturated rings. The van der Waals surface area contributed by atoms with E-state index in [1.54, 1.807) is 25.3 Å². The summed E-state index contributed by atoms with van der Waals surface area (Å²) in [6, 6.07) is 7.03. The van der Waals surface area contributed by atoms with Crippen LogP contribution in [0.1, 0.15) is 13.3 Å². The Balaban J connectivity index is 2.04. The lowest BCUT2D eigenvalue weighted by Gasteiger charge is -2.22. The number of nitrogens with zero attached hydrogens (tertiary/aromatic N) is 2. The minimum absolute atomic E-state index is 0.187. The van der Waals surface area contributed by atoms with Crippen LogP contribution in [0.4, 0.5) is 5.82 Å². The first kappa shape index (κ1) is 12.7. The van der Waals surface area contributed by atoms with Crippen molar-refractivity contribution in [2.45, 2.75) is 13.3 Å². The standard InChI is InChI=1S/C15H16N2O3/c1-15(14(19)20)5-7-17(9-15)13-12-8-11(18)3-2-10(12)4-6-16-13/h2-4,6,8,18H,5,7,9H2,1H3,(H,19,20). The van der Waals surface area contributed by atoms with Gasteiger partial charge in [-0.2, -0.15) is 0 Å². The highest BCUT2D eigenvalue weighted by atomic mass is 16.4. The van der Waals surface area contributed by atoms with E-state index in [-0.39, 0.29) is 5.75 Å². The van der Waals surface area contributed by atoms with Crippen molar-refractivity contribution < 1.29 is 15.0 Å². The van der Waals surface area contributed by atoms with Gasteiger partial charge in [0.15, 0.2) is 0 Å². The van der Waals surface area contributed by atoms with Crippen molar-refractivity contribution in [3.63, 3.8) is 0 Å². The van der Waals surface area contributed by atoms with E-state index in [1.807, 2.05) is 17.0 Å². The number of anilines is 1. The van der Waals surface area contributed by atoms with Gasteiger partial charge < -0.3 is 15.1 Å². The monoisotopic (exact) mass is 272 g/mol. The average molecular weight is 272 g/mol. The maximum absolute atomic E-state index is 11.3. The Bertz CT molecular complexity index is 686. The maximum atomic E-state index is 11.3. The van der Waals surface area contributed by atoms with Crippen molar-refractivity contribution in [3.05, 3.63) is 30.5 Å². The molecule has 3 rings (SSSR count). The second-order valence-corrected chi connectivity index (χ2v) is 5.58. The Morgan fingerprint density at radius 3 is 2.90 bits per heavy atom. The summed E-state index contributed by atoms with van der Waals surface area (Å²) in [7, 11) is 0. The van der Waals surface area contributed by atoms with Crippen LogP contribution in [0.15, 0.2) is 30.5 Å². The highest BCUT2D eigenvalue weighted by Crippen LogP contribution is 2.36. The molecule has 0 spiro atoms. The van der Waals surface area contributed by atoms with Crippen molar-refractivity contribution in [1.82, 2.24) is 4.98 Å². The molecule has 0 bridgehead atoms. The van der Waals surface area contributed by atoms with Gasteiger partial charge in [-0.3, -0.25) is 4.79 Å². The summed E-state index contributed by atoms with van der Waals surface area (Å²) in [6.45, 7) is 2.85. The Hall–Kier alpha value is -2.30. The van der Waals surface area contributed by atoms with Gasteiger partial charge >= 0.3 is 5.97 Å². The number of phenolic OH excluding ortho intramolecular Hbond substituents is 1. The third kappa shape index (κ3) is 1.95. The lowest BCUT2D eigenvalue weighted by molar-refractivity contribution is -0.146. The van der Waals surface area contributed by atoms with Crippen LogP contribution in [-0.4, -0.2) is 34.3 Å². The zero-order chi connectivity index (χ0) is 14.3. The van der Waals surface area contributed by atoms with E-state index in [2.05, 4.69) is 4.98 Å². The molecule has 2 aromatic rings. The number of rotatable bonds is 2. The number of pyridine rings is 1. The minimum Gasteiger partial charge on any atom is -0.508 e. The fraction of sp³-hybridized carbons (Fsp3) is 0.333. The fourth-order valence-corrected chi connectivity index (χ4v) is 2.71. The number of aromatic nitrogens is 1. The molecule has 5 nitrogen and oxygen atoms in total. The molecule has 2 N–H and O–H groups in total. The molecule has 0 amide bonds. The van der Waals surface area contributed by atoms with E-state index in [9.17, 15) is 15.0 Å². The van der Waals surface area contributed by atoms with Gasteiger partial charge in [0.05, 0.1) is 5.41 Å². The molecule has 1 atom stereocenters. The molecule has 5 heteroatoms. The molecule has 20 heavy (non-hydrogen) atoms. The van der Waals surface area contributed by atoms with Crippen LogP contribution in [0.3, 0.4) is 0 Å². The van der Waals surface area contributed by atoms with Crippen LogP contribution in [0, 0.1) is 5.41 Å². The summed E-state index contributed by atoms with van der Waals surface area (Å²) >= 11 is 0. The molecular formula is C15H16N2O3. The van der Waals surface area contributed by atoms with Gasteiger partial charge in [0.2, 0.25) is 0 Å². The number of aliphatic carboxylic acids is 1. The van der Waals surface area contributed by atoms with Gasteiger partial charge in [0, 0.05) is 24.7 Å². The molecule has 0 radical (unpaired) electrons. The van der Waals surface area contributed by atoms with Gasteiger partial charge in [0.1, 0.15) is 11.6 Å². The summed E-state index contributed by atoms with van der Waals surface area (Å²) in [5.41, 5.74) is -0.735. The predicted molar refractivity (Wildman–Crippen MR) is 76.0 cm³/mol. The average Bonchev–Trinajstić information content (AvgIpc) is 2.82. The molecule has 104 valence electrons. The minimum atomic E-state index is -0.775. The Morgan fingerprint density at radius 2 is 2.20 bits per heavy atom. The second-order valence-electron chi connectivity index (χ2n) is 5.58. The first-order valence-electron chi connectivity index (χ1n) is 6.56. The van der Waals surface area contributed by atoms with Crippen molar-refractivity contribution in [1.29, 1.82) is 0 Å². The first-order valence-corrected chi connectivity index (χ1v) is 6.56. The Morgan fingerprint density at radius 1 is 1.40 bits per heavy atom. The topological polar surface area (TPSA) is 73.7 Å². The number of fused-ring (bicyclic) bond motifs is 1. The van der Waals surface area contributed by atoms with Crippen LogP contribution in [0.25, 0.3) is 10.8 Å². The van der Waals surface area contributed by atoms with Crippen LogP contribution >= 0.6 is 0 Å². The number of carbonyl (C=O) groups is 1. The summed E-state index contributed by atoms with van der Waals surface area (Å²) < 4.78 is 0. The van der Waals surface area contributed by atoms with Gasteiger partial charge in [-0.05, 0) is 36.9 Å². The molecule has 1 aromatic heterocycles. The van der Waals surface area contributed by atoms with Crippen LogP contribution in [0.2, 0.25) is 0 Å². The van der Waals surface area contributed by atoms with Crippen molar-refractivity contribution in [3.8, 4) is 5.75 Å². The Labute approximate surface area is 116 Å². The summed E-state index contributed by atoms with van der Waals surface area (Å²) in [5, 5.41) is 20.8. The third-order valence-corrected chi connectivity index (χ3v) is 4.02. The molecule has 1 aromatic carbocycles. The van der Waals surface area contributed by atoms with Crippen molar-refractivity contribution in [2.24, 2.45) is 5.41 Å². The largest absolute Gasteiger partial charge is 0.508 e. The Kier molecular flexibility index (Phi) is 2.78. The van der Waals surface area contributed by atoms with Gasteiger partial charge in [-0.25, -0.2) is 4.98 Å². The molecule has 1 saturated heterocycles. The van der Waals surface area contributed by atoms with Gasteiger partial charge in [-0.15, -0.1) is 0 Å². The number of carboxylic acid groups (broad SMARTS) is 1. The molecular weight excluding hydrogens is 256 g/mol. The fourth-order valence-electron chi connectivity index (χ4n) is 2.71. The van der Waals surface area contributed by atoms with Crippen molar-refractivity contribution in [2.75, 3.05) is 18.0 Å². The maximum Gasteiger partial charge on any atom is 0.311 e. The normalized spacial score (nSPS) is 22.4. The highest BCUT2D eigenvalue weighted by molar-refractivity contribution is 5.93. The summed E-state index contributed by atoms with van der Waals surface area (Å²) in [6.07, 6.45) is 2.31. The molecule has 2 heterocycles. The number of hydrogen-bond acceptors (Lipinski definition) is 4. The van der Waals surface area contributed by atoms with Gasteiger partial charge in [0.25, 0.3) is 0 Å². The molecule has 0 aliphatic carbocycles. The van der Waals surface area contributed by atoms with E-state index in [0.717, 1.165) is 16.6 Å². The smallest absolute Gasteiger partial charge is 0.311 e. The van der Waals surface area contributed by atoms with Crippen LogP contribution in [-0.2, 0) is 4.79 Å². The highest BCUT2D eigenvalue weighted by Gasteiger charge is 2.41. The number of benzene rings is 1. The lowest BCUT2D eigenvalue weighted by atomic mass is 9.90. The quantitative estimate of drug-likeness (QED) is 0.877. The van der Waals surface area contributed by atoms with Gasteiger partial charge in [-0.1, -0.05) is 6.07 Å². The number of carboxylic acids is 1. The van der Waals surface area contributed by atoms with E-state index in [1.165, 1.54) is 0 Å². The second kappa shape index (κ2) is 4.37. The first-order chi connectivity index (χ1) is 9.49. The number of aromatic hydroxyl groups is 1. The number of phenols is 1. The zero-order valence-electron chi connectivity index (χ0n) is 11.2. The van der Waals surface area contributed by atoms with E-state index in [4.69, 9.17) is 0 Å². The molecule has 1 aliphatic heterocycles. The van der Waals surface area contributed by atoms with Crippen LogP contribution in [0.5, 0.6) is 5.75 Å². The lowest BCUT2D eigenvalue weighted by Crippen LogP contribution is -2.32. The van der Waals surface area contributed by atoms with E-state index in [0.29, 0.717) is 19.5 Å². The molecule has 1 unspecified atom stereocenters. The summed E-state index contributed by atoms with van der Waals surface area (Å²) in [5.74, 6) is 0.151.